The molecule has 2 aliphatic heterocycles. The smallest absolute Gasteiger partial charge is 0.355 e. The Labute approximate surface area is 165 Å². The fraction of sp³-hybridized carbons (Fsp3) is 0. The molecule has 0 unspecified atom stereocenters. The number of aromatic amines is 2. The number of nitrogens with zero attached hydrogens (tertiary/aromatic N) is 2. The average molecular weight is 408 g/mol. The maximum absolute atomic E-state index is 8.88. The lowest BCUT2D eigenvalue weighted by molar-refractivity contribution is 0.275. The van der Waals surface area contributed by atoms with Crippen LogP contribution in [0.25, 0.3) is 46.4 Å². The minimum absolute atomic E-state index is 0.915. The topological polar surface area (TPSA) is 135 Å². The van der Waals surface area contributed by atoms with Crippen molar-refractivity contribution in [3.8, 4) is 0 Å². The molecule has 0 spiro atoms. The molecule has 8 nitrogen and oxygen atoms in total. The molecule has 0 atom stereocenters. The predicted octanol–water partition coefficient (Wildman–Crippen LogP) is 3.73. The molecule has 5 N–H and O–H groups in total. The molecular formula is C20H17N4O4P. The lowest BCUT2D eigenvalue weighted by Gasteiger charge is -1.86. The molecule has 3 aromatic heterocycles. The van der Waals surface area contributed by atoms with Crippen molar-refractivity contribution in [3.63, 3.8) is 0 Å². The van der Waals surface area contributed by atoms with Gasteiger partial charge in [-0.3, -0.25) is 0 Å². The molecule has 5 heterocycles. The van der Waals surface area contributed by atoms with Crippen LogP contribution in [-0.2, 0) is 4.57 Å². The Bertz CT molecular complexity index is 1230. The lowest BCUT2D eigenvalue weighted by atomic mass is 10.3. The number of fused-ring (bicyclic) bond motifs is 8. The molecule has 146 valence electrons. The molecule has 0 saturated heterocycles. The standard InChI is InChI=1S/C20H14N4.H3O4P/c1-2-14-10-16-5-6-18(23-16)12-20-8-7-19(24-20)11-17-4-3-15(22-17)9-13(1)21-14;1-5(2,3)4/h1-12,21-22H;(H3,1,2,3,4). The number of hydrogen-bond donors (Lipinski definition) is 5. The molecule has 8 bridgehead atoms. The lowest BCUT2D eigenvalue weighted by Crippen LogP contribution is -1.77. The van der Waals surface area contributed by atoms with Crippen LogP contribution in [0.3, 0.4) is 0 Å². The van der Waals surface area contributed by atoms with E-state index >= 15 is 0 Å². The van der Waals surface area contributed by atoms with E-state index in [2.05, 4.69) is 50.3 Å². The molecule has 5 rings (SSSR count). The number of hydrogen-bond acceptors (Lipinski definition) is 3. The van der Waals surface area contributed by atoms with Crippen LogP contribution in [0.4, 0.5) is 0 Å². The summed E-state index contributed by atoms with van der Waals surface area (Å²) in [5, 5.41) is 0. The van der Waals surface area contributed by atoms with Crippen molar-refractivity contribution in [2.45, 2.75) is 0 Å². The van der Waals surface area contributed by atoms with Crippen LogP contribution in [-0.4, -0.2) is 34.6 Å². The molecule has 0 saturated carbocycles. The van der Waals surface area contributed by atoms with E-state index in [4.69, 9.17) is 19.2 Å². The summed E-state index contributed by atoms with van der Waals surface area (Å²) in [6, 6.07) is 16.4. The first-order chi connectivity index (χ1) is 13.8. The van der Waals surface area contributed by atoms with Gasteiger partial charge in [0.2, 0.25) is 0 Å². The number of phosphoric acid groups is 1. The van der Waals surface area contributed by atoms with Crippen molar-refractivity contribution in [1.82, 2.24) is 19.9 Å². The molecule has 3 aromatic rings. The van der Waals surface area contributed by atoms with Gasteiger partial charge in [-0.15, -0.1) is 0 Å². The van der Waals surface area contributed by atoms with Gasteiger partial charge in [0, 0.05) is 22.1 Å². The Morgan fingerprint density at radius 3 is 1.28 bits per heavy atom. The zero-order valence-corrected chi connectivity index (χ0v) is 15.9. The molecule has 0 amide bonds. The summed E-state index contributed by atoms with van der Waals surface area (Å²) in [6.07, 6.45) is 8.05. The van der Waals surface area contributed by atoms with E-state index in [1.54, 1.807) is 0 Å². The molecule has 0 aromatic carbocycles. The van der Waals surface area contributed by atoms with Gasteiger partial charge in [0.1, 0.15) is 0 Å². The summed E-state index contributed by atoms with van der Waals surface area (Å²) in [4.78, 5) is 37.6. The van der Waals surface area contributed by atoms with Gasteiger partial charge < -0.3 is 24.6 Å². The minimum Gasteiger partial charge on any atom is -0.355 e. The highest BCUT2D eigenvalue weighted by atomic mass is 31.2. The molecule has 0 fully saturated rings. The monoisotopic (exact) mass is 408 g/mol. The third-order valence-corrected chi connectivity index (χ3v) is 4.04. The van der Waals surface area contributed by atoms with Crippen LogP contribution in [0.1, 0.15) is 22.8 Å². The third-order valence-electron chi connectivity index (χ3n) is 4.04. The van der Waals surface area contributed by atoms with E-state index in [0.29, 0.717) is 0 Å². The highest BCUT2D eigenvalue weighted by molar-refractivity contribution is 7.45. The SMILES string of the molecule is C1=Cc2cc3ccc(cc4ccc(cc5nc(cc1n2)C=C5)[nH]4)[nH]3.O=P(O)(O)O. The Morgan fingerprint density at radius 1 is 0.586 bits per heavy atom. The summed E-state index contributed by atoms with van der Waals surface area (Å²) < 4.78 is 8.88. The van der Waals surface area contributed by atoms with Crippen LogP contribution in [0.15, 0.2) is 48.5 Å². The van der Waals surface area contributed by atoms with Gasteiger partial charge in [0.15, 0.2) is 0 Å². The molecule has 29 heavy (non-hydrogen) atoms. The maximum Gasteiger partial charge on any atom is 0.466 e. The largest absolute Gasteiger partial charge is 0.466 e. The van der Waals surface area contributed by atoms with E-state index in [1.807, 2.05) is 42.5 Å². The summed E-state index contributed by atoms with van der Waals surface area (Å²) >= 11 is 0. The van der Waals surface area contributed by atoms with E-state index < -0.39 is 7.82 Å². The van der Waals surface area contributed by atoms with Crippen LogP contribution in [0.5, 0.6) is 0 Å². The van der Waals surface area contributed by atoms with Crippen LogP contribution >= 0.6 is 7.82 Å². The van der Waals surface area contributed by atoms with Gasteiger partial charge in [-0.1, -0.05) is 0 Å². The van der Waals surface area contributed by atoms with Gasteiger partial charge in [-0.25, -0.2) is 14.5 Å². The molecule has 9 heteroatoms. The van der Waals surface area contributed by atoms with Crippen molar-refractivity contribution >= 4 is 54.2 Å². The summed E-state index contributed by atoms with van der Waals surface area (Å²) in [5.74, 6) is 0. The number of nitrogens with one attached hydrogen (secondary N) is 2. The highest BCUT2D eigenvalue weighted by Gasteiger charge is 2.02. The number of H-pyrrole nitrogens is 2. The Kier molecular flexibility index (Phi) is 5.00. The highest BCUT2D eigenvalue weighted by Crippen LogP contribution is 2.25. The van der Waals surface area contributed by atoms with Gasteiger partial charge in [0.05, 0.1) is 22.8 Å². The zero-order chi connectivity index (χ0) is 20.4. The fourth-order valence-electron chi connectivity index (χ4n) is 2.94. The quantitative estimate of drug-likeness (QED) is 0.248. The second-order valence-corrected chi connectivity index (χ2v) is 7.44. The Morgan fingerprint density at radius 2 is 0.897 bits per heavy atom. The number of rotatable bonds is 0. The second-order valence-electron chi connectivity index (χ2n) is 6.42. The molecule has 2 aliphatic rings. The van der Waals surface area contributed by atoms with E-state index in [-0.39, 0.29) is 0 Å². The van der Waals surface area contributed by atoms with Crippen molar-refractivity contribution < 1.29 is 19.2 Å². The van der Waals surface area contributed by atoms with Crippen LogP contribution < -0.4 is 0 Å². The third kappa shape index (κ3) is 5.37. The summed E-state index contributed by atoms with van der Waals surface area (Å²) in [5.41, 5.74) is 7.86. The van der Waals surface area contributed by atoms with Crippen LogP contribution in [0.2, 0.25) is 0 Å². The minimum atomic E-state index is -4.64. The van der Waals surface area contributed by atoms with Crippen molar-refractivity contribution in [2.24, 2.45) is 0 Å². The van der Waals surface area contributed by atoms with E-state index in [0.717, 1.165) is 44.8 Å². The first-order valence-corrected chi connectivity index (χ1v) is 10.2. The first kappa shape index (κ1) is 19.0. The van der Waals surface area contributed by atoms with E-state index in [1.165, 1.54) is 0 Å². The second kappa shape index (κ2) is 7.62. The summed E-state index contributed by atoms with van der Waals surface area (Å²) in [6.45, 7) is 0. The molecule has 0 radical (unpaired) electrons. The summed E-state index contributed by atoms with van der Waals surface area (Å²) in [7, 11) is -4.64. The first-order valence-electron chi connectivity index (χ1n) is 8.63. The average Bonchev–Trinajstić information content (AvgIpc) is 3.38. The van der Waals surface area contributed by atoms with E-state index in [9.17, 15) is 0 Å². The molecule has 0 aliphatic carbocycles. The Hall–Kier alpha value is -3.29. The maximum atomic E-state index is 8.88. The van der Waals surface area contributed by atoms with Gasteiger partial charge in [-0.05, 0) is 72.8 Å². The van der Waals surface area contributed by atoms with Crippen molar-refractivity contribution in [3.05, 3.63) is 71.3 Å². The van der Waals surface area contributed by atoms with Gasteiger partial charge >= 0.3 is 7.82 Å². The normalized spacial score (nSPS) is 12.5. The van der Waals surface area contributed by atoms with Crippen molar-refractivity contribution in [1.29, 1.82) is 0 Å². The zero-order valence-electron chi connectivity index (χ0n) is 15.0. The number of aromatic nitrogens is 4. The van der Waals surface area contributed by atoms with Crippen molar-refractivity contribution in [2.75, 3.05) is 0 Å². The molecular weight excluding hydrogens is 391 g/mol. The van der Waals surface area contributed by atoms with Gasteiger partial charge in [-0.2, -0.15) is 0 Å². The Balaban J connectivity index is 0.000000369. The fourth-order valence-corrected chi connectivity index (χ4v) is 2.94. The van der Waals surface area contributed by atoms with Crippen LogP contribution in [0, 0.1) is 0 Å². The van der Waals surface area contributed by atoms with Gasteiger partial charge in [0.25, 0.3) is 0 Å². The predicted molar refractivity (Wildman–Crippen MR) is 113 cm³/mol.